The van der Waals surface area contributed by atoms with Crippen LogP contribution in [0, 0.1) is 5.82 Å². The monoisotopic (exact) mass is 457 g/mol. The zero-order valence-corrected chi connectivity index (χ0v) is 18.7. The van der Waals surface area contributed by atoms with E-state index in [9.17, 15) is 9.18 Å². The predicted octanol–water partition coefficient (Wildman–Crippen LogP) is 4.57. The number of fused-ring (bicyclic) bond motifs is 1. The van der Waals surface area contributed by atoms with E-state index < -0.39 is 0 Å². The van der Waals surface area contributed by atoms with Gasteiger partial charge >= 0.3 is 0 Å². The Kier molecular flexibility index (Phi) is 5.20. The molecule has 2 aliphatic rings. The molecule has 2 aromatic heterocycles. The number of carbonyl (C=O) groups is 1. The van der Waals surface area contributed by atoms with Crippen molar-refractivity contribution < 1.29 is 13.7 Å². The molecule has 34 heavy (non-hydrogen) atoms. The lowest BCUT2D eigenvalue weighted by Crippen LogP contribution is -2.39. The molecule has 6 rings (SSSR count). The van der Waals surface area contributed by atoms with Gasteiger partial charge in [0.2, 0.25) is 11.7 Å². The first kappa shape index (κ1) is 20.8. The summed E-state index contributed by atoms with van der Waals surface area (Å²) in [5, 5.41) is 8.85. The lowest BCUT2D eigenvalue weighted by molar-refractivity contribution is 0.0688. The molecule has 3 heterocycles. The lowest BCUT2D eigenvalue weighted by Gasteiger charge is -2.30. The minimum atomic E-state index is -0.310. The van der Waals surface area contributed by atoms with Gasteiger partial charge in [0.1, 0.15) is 5.82 Å². The van der Waals surface area contributed by atoms with Crippen molar-refractivity contribution in [2.24, 2.45) is 0 Å². The number of hydrogen-bond acceptors (Lipinski definition) is 5. The molecule has 4 aromatic rings. The van der Waals surface area contributed by atoms with E-state index in [2.05, 4.69) is 10.1 Å². The third-order valence-electron chi connectivity index (χ3n) is 6.74. The molecule has 1 aliphatic heterocycles. The Balaban J connectivity index is 1.24. The molecule has 0 N–H and O–H groups in total. The molecule has 0 saturated carbocycles. The standard InChI is InChI=1S/C26H24FN5O2/c27-19-13-11-17(12-14-19)24-28-25(34-30-24)18-6-5-15-31(16-18)26(33)23-21-9-4-10-22(21)32(29-23)20-7-2-1-3-8-20/h1-3,7-8,11-14,18H,4-6,9-10,15-16H2/t18-/m0/s1. The summed E-state index contributed by atoms with van der Waals surface area (Å²) >= 11 is 0. The molecule has 1 aliphatic carbocycles. The molecule has 1 saturated heterocycles. The van der Waals surface area contributed by atoms with Gasteiger partial charge in [-0.3, -0.25) is 4.79 Å². The third kappa shape index (κ3) is 3.69. The average Bonchev–Trinajstić information content (AvgIpc) is 3.62. The summed E-state index contributed by atoms with van der Waals surface area (Å²) in [6.45, 7) is 1.19. The smallest absolute Gasteiger partial charge is 0.274 e. The van der Waals surface area contributed by atoms with Gasteiger partial charge in [0, 0.05) is 29.9 Å². The molecule has 8 heteroatoms. The minimum Gasteiger partial charge on any atom is -0.339 e. The molecule has 0 spiro atoms. The Hall–Kier alpha value is -3.81. The zero-order valence-electron chi connectivity index (χ0n) is 18.7. The van der Waals surface area contributed by atoms with Crippen molar-refractivity contribution in [1.82, 2.24) is 24.8 Å². The van der Waals surface area contributed by atoms with Crippen LogP contribution in [-0.2, 0) is 12.8 Å². The fourth-order valence-electron chi connectivity index (χ4n) is 5.02. The lowest BCUT2D eigenvalue weighted by atomic mass is 9.97. The number of carbonyl (C=O) groups excluding carboxylic acids is 1. The van der Waals surface area contributed by atoms with E-state index in [1.807, 2.05) is 39.9 Å². The van der Waals surface area contributed by atoms with Crippen molar-refractivity contribution in [3.63, 3.8) is 0 Å². The Morgan fingerprint density at radius 2 is 1.85 bits per heavy atom. The van der Waals surface area contributed by atoms with E-state index >= 15 is 0 Å². The summed E-state index contributed by atoms with van der Waals surface area (Å²) in [7, 11) is 0. The molecule has 1 amide bonds. The van der Waals surface area contributed by atoms with Crippen molar-refractivity contribution in [1.29, 1.82) is 0 Å². The van der Waals surface area contributed by atoms with Crippen LogP contribution in [0.25, 0.3) is 17.1 Å². The zero-order chi connectivity index (χ0) is 23.1. The second kappa shape index (κ2) is 8.52. The summed E-state index contributed by atoms with van der Waals surface area (Å²) in [6, 6.07) is 16.0. The van der Waals surface area contributed by atoms with Crippen LogP contribution in [0.4, 0.5) is 4.39 Å². The van der Waals surface area contributed by atoms with Crippen molar-refractivity contribution in [2.75, 3.05) is 13.1 Å². The third-order valence-corrected chi connectivity index (χ3v) is 6.74. The number of amides is 1. The van der Waals surface area contributed by atoms with Crippen molar-refractivity contribution in [3.8, 4) is 17.1 Å². The van der Waals surface area contributed by atoms with Gasteiger partial charge in [-0.15, -0.1) is 0 Å². The van der Waals surface area contributed by atoms with Crippen molar-refractivity contribution in [2.45, 2.75) is 38.0 Å². The van der Waals surface area contributed by atoms with Gasteiger partial charge in [0.05, 0.1) is 11.6 Å². The second-order valence-electron chi connectivity index (χ2n) is 8.93. The quantitative estimate of drug-likeness (QED) is 0.449. The van der Waals surface area contributed by atoms with E-state index in [-0.39, 0.29) is 17.6 Å². The number of rotatable bonds is 4. The Labute approximate surface area is 196 Å². The highest BCUT2D eigenvalue weighted by Gasteiger charge is 2.33. The van der Waals surface area contributed by atoms with E-state index in [1.54, 1.807) is 12.1 Å². The largest absolute Gasteiger partial charge is 0.339 e. The maximum absolute atomic E-state index is 13.6. The highest BCUT2D eigenvalue weighted by Crippen LogP contribution is 2.32. The van der Waals surface area contributed by atoms with Crippen molar-refractivity contribution >= 4 is 5.91 Å². The highest BCUT2D eigenvalue weighted by molar-refractivity contribution is 5.94. The summed E-state index contributed by atoms with van der Waals surface area (Å²) in [5.41, 5.74) is 4.46. The molecule has 172 valence electrons. The van der Waals surface area contributed by atoms with E-state index in [0.29, 0.717) is 36.1 Å². The van der Waals surface area contributed by atoms with Crippen LogP contribution in [0.3, 0.4) is 0 Å². The Morgan fingerprint density at radius 1 is 1.03 bits per heavy atom. The summed E-state index contributed by atoms with van der Waals surface area (Å²) < 4.78 is 20.7. The second-order valence-corrected chi connectivity index (χ2v) is 8.93. The van der Waals surface area contributed by atoms with Crippen LogP contribution in [0.2, 0.25) is 0 Å². The number of piperidine rings is 1. The highest BCUT2D eigenvalue weighted by atomic mass is 19.1. The first-order chi connectivity index (χ1) is 16.7. The first-order valence-corrected chi connectivity index (χ1v) is 11.7. The molecule has 1 fully saturated rings. The van der Waals surface area contributed by atoms with Crippen LogP contribution in [0.15, 0.2) is 59.1 Å². The summed E-state index contributed by atoms with van der Waals surface area (Å²) in [5.74, 6) is 0.560. The van der Waals surface area contributed by atoms with Crippen LogP contribution < -0.4 is 0 Å². The summed E-state index contributed by atoms with van der Waals surface area (Å²) in [4.78, 5) is 20.0. The van der Waals surface area contributed by atoms with Gasteiger partial charge in [-0.05, 0) is 68.5 Å². The maximum Gasteiger partial charge on any atom is 0.274 e. The van der Waals surface area contributed by atoms with Gasteiger partial charge in [0.15, 0.2) is 5.69 Å². The molecule has 0 bridgehead atoms. The minimum absolute atomic E-state index is 0.0317. The molecule has 0 unspecified atom stereocenters. The van der Waals surface area contributed by atoms with Crippen LogP contribution in [-0.4, -0.2) is 43.8 Å². The number of hydrogen-bond donors (Lipinski definition) is 0. The number of benzene rings is 2. The predicted molar refractivity (Wildman–Crippen MR) is 123 cm³/mol. The fraction of sp³-hybridized carbons (Fsp3) is 0.308. The average molecular weight is 458 g/mol. The van der Waals surface area contributed by atoms with Crippen molar-refractivity contribution in [3.05, 3.63) is 83.3 Å². The molecule has 2 aromatic carbocycles. The van der Waals surface area contributed by atoms with Gasteiger partial charge in [-0.2, -0.15) is 10.1 Å². The van der Waals surface area contributed by atoms with Crippen LogP contribution >= 0.6 is 0 Å². The van der Waals surface area contributed by atoms with Gasteiger partial charge < -0.3 is 9.42 Å². The number of aromatic nitrogens is 4. The Morgan fingerprint density at radius 3 is 2.68 bits per heavy atom. The Bertz CT molecular complexity index is 1330. The van der Waals surface area contributed by atoms with E-state index in [4.69, 9.17) is 9.62 Å². The molecular weight excluding hydrogens is 433 g/mol. The number of likely N-dealkylation sites (tertiary alicyclic amines) is 1. The van der Waals surface area contributed by atoms with E-state index in [1.165, 1.54) is 12.1 Å². The molecule has 1 atom stereocenters. The fourth-order valence-corrected chi connectivity index (χ4v) is 5.02. The van der Waals surface area contributed by atoms with Gasteiger partial charge in [0.25, 0.3) is 5.91 Å². The van der Waals surface area contributed by atoms with Gasteiger partial charge in [-0.1, -0.05) is 23.4 Å². The van der Waals surface area contributed by atoms with Gasteiger partial charge in [-0.25, -0.2) is 9.07 Å². The SMILES string of the molecule is O=C(c1nn(-c2ccccc2)c2c1CCC2)N1CCC[C@H](c2nc(-c3ccc(F)cc3)no2)C1. The van der Waals surface area contributed by atoms with E-state index in [0.717, 1.165) is 49.0 Å². The topological polar surface area (TPSA) is 77.1 Å². The number of nitrogens with zero attached hydrogens (tertiary/aromatic N) is 5. The summed E-state index contributed by atoms with van der Waals surface area (Å²) in [6.07, 6.45) is 4.57. The molecule has 0 radical (unpaired) electrons. The number of para-hydroxylation sites is 1. The molecule has 7 nitrogen and oxygen atoms in total. The molecular formula is C26H24FN5O2. The normalized spacial score (nSPS) is 17.7. The first-order valence-electron chi connectivity index (χ1n) is 11.7. The number of halogens is 1. The van der Waals surface area contributed by atoms with Crippen LogP contribution in [0.5, 0.6) is 0 Å². The maximum atomic E-state index is 13.6. The van der Waals surface area contributed by atoms with Crippen LogP contribution in [0.1, 0.15) is 52.8 Å².